The fraction of sp³-hybridized carbons (Fsp3) is 0.472. The number of anilines is 2. The van der Waals surface area contributed by atoms with Crippen molar-refractivity contribution in [1.29, 1.82) is 0 Å². The van der Waals surface area contributed by atoms with Gasteiger partial charge in [0.25, 0.3) is 5.91 Å². The highest BCUT2D eigenvalue weighted by Gasteiger charge is 2.76. The van der Waals surface area contributed by atoms with Gasteiger partial charge < -0.3 is 29.3 Å². The first-order chi connectivity index (χ1) is 21.7. The molecule has 4 aliphatic rings. The zero-order chi connectivity index (χ0) is 32.1. The number of aliphatic hydroxyl groups excluding tert-OH is 1. The van der Waals surface area contributed by atoms with Crippen LogP contribution in [0.15, 0.2) is 66.8 Å². The summed E-state index contributed by atoms with van der Waals surface area (Å²) in [7, 11) is 0. The molecule has 0 saturated carbocycles. The highest BCUT2D eigenvalue weighted by atomic mass is 16.5. The van der Waals surface area contributed by atoms with Crippen LogP contribution in [0.2, 0.25) is 0 Å². The smallest absolute Gasteiger partial charge is 0.253 e. The maximum Gasteiger partial charge on any atom is 0.253 e. The molecule has 9 nitrogen and oxygen atoms in total. The topological polar surface area (TPSA) is 99.6 Å². The molecule has 1 spiro atoms. The monoisotopic (exact) mass is 613 g/mol. The van der Waals surface area contributed by atoms with E-state index in [0.717, 1.165) is 16.8 Å². The number of carbonyl (C=O) groups is 3. The van der Waals surface area contributed by atoms with Crippen LogP contribution in [0.3, 0.4) is 0 Å². The fourth-order valence-corrected chi connectivity index (χ4v) is 7.85. The number of likely N-dealkylation sites (tertiary alicyclic amines) is 1. The lowest BCUT2D eigenvalue weighted by Crippen LogP contribution is -2.59. The van der Waals surface area contributed by atoms with E-state index in [-0.39, 0.29) is 24.3 Å². The lowest BCUT2D eigenvalue weighted by Gasteiger charge is -2.40. The van der Waals surface area contributed by atoms with E-state index >= 15 is 0 Å². The van der Waals surface area contributed by atoms with Gasteiger partial charge in [0.1, 0.15) is 17.4 Å². The Bertz CT molecular complexity index is 1550. The van der Waals surface area contributed by atoms with Crippen molar-refractivity contribution in [3.05, 3.63) is 77.9 Å². The molecular weight excluding hydrogens is 570 g/mol. The number of hydrogen-bond acceptors (Lipinski definition) is 6. The average Bonchev–Trinajstić information content (AvgIpc) is 3.33. The summed E-state index contributed by atoms with van der Waals surface area (Å²) in [4.78, 5) is 49.3. The van der Waals surface area contributed by atoms with Gasteiger partial charge in [-0.15, -0.1) is 0 Å². The van der Waals surface area contributed by atoms with E-state index in [2.05, 4.69) is 0 Å². The van der Waals surface area contributed by atoms with E-state index in [1.807, 2.05) is 101 Å². The molecule has 2 aromatic carbocycles. The second-order valence-corrected chi connectivity index (χ2v) is 12.5. The molecule has 0 bridgehead atoms. The van der Waals surface area contributed by atoms with Gasteiger partial charge in [0.2, 0.25) is 11.8 Å². The van der Waals surface area contributed by atoms with Crippen LogP contribution in [0.25, 0.3) is 0 Å². The molecule has 0 aliphatic carbocycles. The van der Waals surface area contributed by atoms with Crippen molar-refractivity contribution < 1.29 is 29.0 Å². The normalized spacial score (nSPS) is 29.8. The van der Waals surface area contributed by atoms with Crippen LogP contribution in [-0.4, -0.2) is 77.3 Å². The lowest BCUT2D eigenvalue weighted by molar-refractivity contribution is -0.149. The zero-order valence-electron chi connectivity index (χ0n) is 26.7. The van der Waals surface area contributed by atoms with Gasteiger partial charge in [-0.05, 0) is 75.1 Å². The van der Waals surface area contributed by atoms with Crippen LogP contribution < -0.4 is 14.5 Å². The summed E-state index contributed by atoms with van der Waals surface area (Å²) < 4.78 is 12.7. The summed E-state index contributed by atoms with van der Waals surface area (Å²) in [5.74, 6) is -1.97. The minimum atomic E-state index is -1.40. The Hall–Kier alpha value is -3.95. The van der Waals surface area contributed by atoms with Gasteiger partial charge >= 0.3 is 0 Å². The number of fused-ring (bicyclic) bond motifs is 2. The Labute approximate surface area is 265 Å². The van der Waals surface area contributed by atoms with Gasteiger partial charge in [0.15, 0.2) is 0 Å². The Kier molecular flexibility index (Phi) is 8.12. The van der Waals surface area contributed by atoms with E-state index in [1.54, 1.807) is 9.80 Å². The second-order valence-electron chi connectivity index (χ2n) is 12.5. The Morgan fingerprint density at radius 1 is 0.911 bits per heavy atom. The first kappa shape index (κ1) is 31.0. The number of hydrogen-bond donors (Lipinski definition) is 1. The molecule has 0 aromatic heterocycles. The molecule has 2 saturated heterocycles. The molecule has 4 aliphatic heterocycles. The molecule has 1 unspecified atom stereocenters. The van der Waals surface area contributed by atoms with E-state index in [9.17, 15) is 19.5 Å². The summed E-state index contributed by atoms with van der Waals surface area (Å²) >= 11 is 0. The van der Waals surface area contributed by atoms with Crippen LogP contribution in [0.5, 0.6) is 5.75 Å². The molecule has 45 heavy (non-hydrogen) atoms. The Morgan fingerprint density at radius 2 is 1.62 bits per heavy atom. The Morgan fingerprint density at radius 3 is 2.29 bits per heavy atom. The van der Waals surface area contributed by atoms with Crippen molar-refractivity contribution >= 4 is 29.1 Å². The predicted octanol–water partition coefficient (Wildman–Crippen LogP) is 4.34. The van der Waals surface area contributed by atoms with E-state index in [4.69, 9.17) is 9.47 Å². The molecule has 6 rings (SSSR count). The van der Waals surface area contributed by atoms with Crippen LogP contribution in [-0.2, 0) is 19.1 Å². The van der Waals surface area contributed by atoms with Crippen LogP contribution in [0.1, 0.15) is 44.7 Å². The first-order valence-corrected chi connectivity index (χ1v) is 16.1. The van der Waals surface area contributed by atoms with Gasteiger partial charge in [0.05, 0.1) is 36.7 Å². The van der Waals surface area contributed by atoms with E-state index in [1.165, 1.54) is 4.90 Å². The number of aryl methyl sites for hydroxylation is 2. The van der Waals surface area contributed by atoms with E-state index < -0.39 is 35.1 Å². The molecular formula is C36H43N3O6. The SMILES string of the molecule is CCOc1ccc(N2CC=C[C@]3(CC)O[C@]45C=CCN(c6cc(C)ccc6C)C(=O)C4N([C@@H](CC)CO)C(=O)[C@@H]5[C@@H]3C2=O)cc1. The standard InChI is InChI=1S/C36H43N3O6/c1-6-25(22-40)39-31-34(43)38(28-21-23(4)11-12-24(28)5)20-10-18-36(31)30(33(39)42)29-32(41)37(19-9-17-35(29,7-2)45-36)26-13-15-27(16-14-26)44-8-3/h9-18,21,25,29-31,40H,6-8,19-20,22H2,1-5H3/t25-,29+,30-,31?,35-,36-/m0/s1. The third-order valence-corrected chi connectivity index (χ3v) is 10.1. The third kappa shape index (κ3) is 4.70. The molecule has 2 aromatic rings. The second kappa shape index (κ2) is 11.8. The number of benzene rings is 2. The highest BCUT2D eigenvalue weighted by Crippen LogP contribution is 2.59. The van der Waals surface area contributed by atoms with Crippen LogP contribution in [0.4, 0.5) is 11.4 Å². The van der Waals surface area contributed by atoms with Gasteiger partial charge in [-0.2, -0.15) is 0 Å². The summed E-state index contributed by atoms with van der Waals surface area (Å²) in [5.41, 5.74) is 0.916. The van der Waals surface area contributed by atoms with E-state index in [0.29, 0.717) is 44.0 Å². The number of rotatable bonds is 8. The molecule has 6 atom stereocenters. The maximum absolute atomic E-state index is 14.8. The van der Waals surface area contributed by atoms with Crippen molar-refractivity contribution in [2.75, 3.05) is 36.1 Å². The number of aliphatic hydroxyl groups is 1. The van der Waals surface area contributed by atoms with Crippen LogP contribution in [0, 0.1) is 25.7 Å². The van der Waals surface area contributed by atoms with Gasteiger partial charge in [-0.3, -0.25) is 14.4 Å². The largest absolute Gasteiger partial charge is 0.494 e. The van der Waals surface area contributed by atoms with Crippen LogP contribution >= 0.6 is 0 Å². The van der Waals surface area contributed by atoms with Crippen molar-refractivity contribution in [2.45, 2.75) is 70.7 Å². The summed E-state index contributed by atoms with van der Waals surface area (Å²) in [5, 5.41) is 10.5. The number of ether oxygens (including phenoxy) is 2. The average molecular weight is 614 g/mol. The summed E-state index contributed by atoms with van der Waals surface area (Å²) in [6, 6.07) is 11.7. The summed E-state index contributed by atoms with van der Waals surface area (Å²) in [6.45, 7) is 10.5. The highest BCUT2D eigenvalue weighted by molar-refractivity contribution is 6.08. The molecule has 4 heterocycles. The van der Waals surface area contributed by atoms with Gasteiger partial charge in [-0.25, -0.2) is 0 Å². The predicted molar refractivity (Wildman–Crippen MR) is 172 cm³/mol. The fourth-order valence-electron chi connectivity index (χ4n) is 7.85. The molecule has 0 radical (unpaired) electrons. The summed E-state index contributed by atoms with van der Waals surface area (Å²) in [6.07, 6.45) is 8.51. The molecule has 238 valence electrons. The third-order valence-electron chi connectivity index (χ3n) is 10.1. The zero-order valence-corrected chi connectivity index (χ0v) is 26.7. The van der Waals surface area contributed by atoms with Crippen molar-refractivity contribution in [2.24, 2.45) is 11.8 Å². The Balaban J connectivity index is 1.49. The van der Waals surface area contributed by atoms with Crippen molar-refractivity contribution in [1.82, 2.24) is 4.90 Å². The molecule has 9 heteroatoms. The molecule has 1 N–H and O–H groups in total. The van der Waals surface area contributed by atoms with Gasteiger partial charge in [0, 0.05) is 24.5 Å². The minimum Gasteiger partial charge on any atom is -0.494 e. The lowest BCUT2D eigenvalue weighted by atomic mass is 9.73. The quantitative estimate of drug-likeness (QED) is 0.445. The maximum atomic E-state index is 14.8. The molecule has 3 amide bonds. The first-order valence-electron chi connectivity index (χ1n) is 16.1. The number of carbonyl (C=O) groups excluding carboxylic acids is 3. The van der Waals surface area contributed by atoms with Crippen molar-refractivity contribution in [3.63, 3.8) is 0 Å². The number of amides is 3. The van der Waals surface area contributed by atoms with Crippen molar-refractivity contribution in [3.8, 4) is 5.75 Å². The molecule has 2 fully saturated rings. The number of nitrogens with zero attached hydrogens (tertiary/aromatic N) is 3. The minimum absolute atomic E-state index is 0.227. The van der Waals surface area contributed by atoms with Gasteiger partial charge in [-0.1, -0.05) is 50.3 Å².